The molecule has 0 aliphatic rings. The zero-order valence-electron chi connectivity index (χ0n) is 10.4. The molecule has 0 heterocycles. The smallest absolute Gasteiger partial charge is 0.343 e. The van der Waals surface area contributed by atoms with E-state index in [9.17, 15) is 4.79 Å². The van der Waals surface area contributed by atoms with E-state index in [4.69, 9.17) is 9.47 Å². The molecule has 2 aromatic carbocycles. The molecule has 98 valence electrons. The lowest BCUT2D eigenvalue weighted by atomic mass is 10.1. The van der Waals surface area contributed by atoms with Gasteiger partial charge in [0.25, 0.3) is 0 Å². The Morgan fingerprint density at radius 2 is 1.68 bits per heavy atom. The number of hydrogen-bond acceptors (Lipinski definition) is 3. The number of benzene rings is 2. The van der Waals surface area contributed by atoms with Gasteiger partial charge in [0.2, 0.25) is 0 Å². The van der Waals surface area contributed by atoms with Gasteiger partial charge in [-0.2, -0.15) is 0 Å². The predicted octanol–water partition coefficient (Wildman–Crippen LogP) is 3.81. The van der Waals surface area contributed by atoms with E-state index in [2.05, 4.69) is 15.9 Å². The number of rotatable bonds is 4. The van der Waals surface area contributed by atoms with Crippen molar-refractivity contribution in [3.63, 3.8) is 0 Å². The fourth-order valence-corrected chi connectivity index (χ4v) is 2.13. The molecule has 0 N–H and O–H groups in total. The Bertz CT molecular complexity index is 564. The highest BCUT2D eigenvalue weighted by Gasteiger charge is 2.12. The molecule has 0 atom stereocenters. The van der Waals surface area contributed by atoms with E-state index in [-0.39, 0.29) is 5.97 Å². The van der Waals surface area contributed by atoms with Gasteiger partial charge in [-0.25, -0.2) is 4.79 Å². The van der Waals surface area contributed by atoms with E-state index in [1.807, 2.05) is 18.2 Å². The first-order chi connectivity index (χ1) is 9.24. The zero-order valence-corrected chi connectivity index (χ0v) is 12.0. The van der Waals surface area contributed by atoms with Crippen LogP contribution in [0.15, 0.2) is 48.5 Å². The summed E-state index contributed by atoms with van der Waals surface area (Å²) in [6, 6.07) is 14.2. The van der Waals surface area contributed by atoms with Crippen molar-refractivity contribution in [3.8, 4) is 11.5 Å². The summed E-state index contributed by atoms with van der Waals surface area (Å²) >= 11 is 3.36. The Morgan fingerprint density at radius 1 is 1.05 bits per heavy atom. The van der Waals surface area contributed by atoms with Gasteiger partial charge in [0.05, 0.1) is 12.7 Å². The summed E-state index contributed by atoms with van der Waals surface area (Å²) in [6.45, 7) is 0. The van der Waals surface area contributed by atoms with Gasteiger partial charge in [-0.05, 0) is 35.9 Å². The van der Waals surface area contributed by atoms with Crippen molar-refractivity contribution in [2.24, 2.45) is 0 Å². The molecule has 0 aliphatic carbocycles. The fraction of sp³-hybridized carbons (Fsp3) is 0.133. The maximum atomic E-state index is 12.1. The van der Waals surface area contributed by atoms with Gasteiger partial charge in [0.15, 0.2) is 0 Å². The first-order valence-corrected chi connectivity index (χ1v) is 6.87. The fourth-order valence-electron chi connectivity index (χ4n) is 1.64. The molecule has 0 bridgehead atoms. The van der Waals surface area contributed by atoms with Crippen LogP contribution in [0, 0.1) is 0 Å². The number of carbonyl (C=O) groups is 1. The van der Waals surface area contributed by atoms with E-state index >= 15 is 0 Å². The molecule has 0 fully saturated rings. The van der Waals surface area contributed by atoms with E-state index in [1.54, 1.807) is 37.4 Å². The van der Waals surface area contributed by atoms with Crippen molar-refractivity contribution in [1.29, 1.82) is 0 Å². The normalized spacial score (nSPS) is 10.0. The monoisotopic (exact) mass is 320 g/mol. The first-order valence-electron chi connectivity index (χ1n) is 5.74. The van der Waals surface area contributed by atoms with Gasteiger partial charge in [0, 0.05) is 5.33 Å². The number of ether oxygens (including phenoxy) is 2. The maximum Gasteiger partial charge on any atom is 0.343 e. The third-order valence-corrected chi connectivity index (χ3v) is 3.26. The molecule has 0 aromatic heterocycles. The van der Waals surface area contributed by atoms with Gasteiger partial charge in [-0.1, -0.05) is 34.1 Å². The van der Waals surface area contributed by atoms with E-state index < -0.39 is 0 Å². The quantitative estimate of drug-likeness (QED) is 0.488. The molecule has 2 rings (SSSR count). The summed E-state index contributed by atoms with van der Waals surface area (Å²) in [6.07, 6.45) is 0. The van der Waals surface area contributed by atoms with Crippen LogP contribution < -0.4 is 9.47 Å². The van der Waals surface area contributed by atoms with Crippen LogP contribution in [-0.2, 0) is 5.33 Å². The summed E-state index contributed by atoms with van der Waals surface area (Å²) < 4.78 is 10.4. The molecular formula is C15H13BrO3. The molecule has 0 unspecified atom stereocenters. The molecule has 0 spiro atoms. The number of carbonyl (C=O) groups excluding carboxylic acids is 1. The molecule has 4 heteroatoms. The van der Waals surface area contributed by atoms with Gasteiger partial charge in [0.1, 0.15) is 11.5 Å². The lowest BCUT2D eigenvalue weighted by molar-refractivity contribution is 0.0734. The molecule has 0 aliphatic heterocycles. The number of methoxy groups -OCH3 is 1. The summed E-state index contributed by atoms with van der Waals surface area (Å²) in [4.78, 5) is 12.1. The van der Waals surface area contributed by atoms with Gasteiger partial charge < -0.3 is 9.47 Å². The lowest BCUT2D eigenvalue weighted by Crippen LogP contribution is -2.10. The second-order valence-electron chi connectivity index (χ2n) is 3.86. The number of esters is 1. The topological polar surface area (TPSA) is 35.5 Å². The molecule has 19 heavy (non-hydrogen) atoms. The van der Waals surface area contributed by atoms with Gasteiger partial charge in [-0.15, -0.1) is 0 Å². The van der Waals surface area contributed by atoms with E-state index in [0.29, 0.717) is 16.6 Å². The number of alkyl halides is 1. The van der Waals surface area contributed by atoms with Crippen LogP contribution in [0.4, 0.5) is 0 Å². The summed E-state index contributed by atoms with van der Waals surface area (Å²) in [5.74, 6) is 0.857. The molecule has 2 aromatic rings. The Morgan fingerprint density at radius 3 is 2.32 bits per heavy atom. The standard InChI is InChI=1S/C15H13BrO3/c1-18-12-6-8-13(9-7-12)19-15(17)14-5-3-2-4-11(14)10-16/h2-9H,10H2,1H3. The van der Waals surface area contributed by atoms with Crippen molar-refractivity contribution >= 4 is 21.9 Å². The predicted molar refractivity (Wildman–Crippen MR) is 77.0 cm³/mol. The van der Waals surface area contributed by atoms with Crippen LogP contribution in [0.1, 0.15) is 15.9 Å². The molecule has 0 saturated carbocycles. The van der Waals surface area contributed by atoms with Crippen molar-refractivity contribution in [2.45, 2.75) is 5.33 Å². The second-order valence-corrected chi connectivity index (χ2v) is 4.42. The Balaban J connectivity index is 2.16. The molecule has 0 amide bonds. The summed E-state index contributed by atoms with van der Waals surface area (Å²) in [5.41, 5.74) is 1.47. The average molecular weight is 321 g/mol. The summed E-state index contributed by atoms with van der Waals surface area (Å²) in [7, 11) is 1.59. The van der Waals surface area contributed by atoms with Crippen molar-refractivity contribution in [1.82, 2.24) is 0 Å². The minimum Gasteiger partial charge on any atom is -0.497 e. The van der Waals surface area contributed by atoms with Crippen LogP contribution in [-0.4, -0.2) is 13.1 Å². The van der Waals surface area contributed by atoms with Gasteiger partial charge in [-0.3, -0.25) is 0 Å². The van der Waals surface area contributed by atoms with E-state index in [0.717, 1.165) is 11.3 Å². The minimum absolute atomic E-state index is 0.361. The molecule has 3 nitrogen and oxygen atoms in total. The van der Waals surface area contributed by atoms with Crippen LogP contribution in [0.3, 0.4) is 0 Å². The Kier molecular flexibility index (Phi) is 4.58. The van der Waals surface area contributed by atoms with Crippen LogP contribution in [0.2, 0.25) is 0 Å². The van der Waals surface area contributed by atoms with Crippen LogP contribution >= 0.6 is 15.9 Å². The maximum absolute atomic E-state index is 12.1. The second kappa shape index (κ2) is 6.38. The Labute approximate surface area is 120 Å². The average Bonchev–Trinajstić information content (AvgIpc) is 2.48. The Hall–Kier alpha value is -1.81. The molecule has 0 radical (unpaired) electrons. The van der Waals surface area contributed by atoms with E-state index in [1.165, 1.54) is 0 Å². The van der Waals surface area contributed by atoms with Gasteiger partial charge >= 0.3 is 5.97 Å². The summed E-state index contributed by atoms with van der Waals surface area (Å²) in [5, 5.41) is 0.612. The SMILES string of the molecule is COc1ccc(OC(=O)c2ccccc2CBr)cc1. The first kappa shape index (κ1) is 13.6. The molecular weight excluding hydrogens is 308 g/mol. The highest BCUT2D eigenvalue weighted by Crippen LogP contribution is 2.20. The minimum atomic E-state index is -0.361. The van der Waals surface area contributed by atoms with Crippen molar-refractivity contribution in [3.05, 3.63) is 59.7 Å². The highest BCUT2D eigenvalue weighted by molar-refractivity contribution is 9.08. The third kappa shape index (κ3) is 3.35. The zero-order chi connectivity index (χ0) is 13.7. The van der Waals surface area contributed by atoms with Crippen molar-refractivity contribution < 1.29 is 14.3 Å². The molecule has 0 saturated heterocycles. The largest absolute Gasteiger partial charge is 0.497 e. The lowest BCUT2D eigenvalue weighted by Gasteiger charge is -2.08. The number of hydrogen-bond donors (Lipinski definition) is 0. The third-order valence-electron chi connectivity index (χ3n) is 2.65. The van der Waals surface area contributed by atoms with Crippen LogP contribution in [0.25, 0.3) is 0 Å². The van der Waals surface area contributed by atoms with Crippen LogP contribution in [0.5, 0.6) is 11.5 Å². The number of halogens is 1. The van der Waals surface area contributed by atoms with Crippen molar-refractivity contribution in [2.75, 3.05) is 7.11 Å². The highest BCUT2D eigenvalue weighted by atomic mass is 79.9.